The Morgan fingerprint density at radius 1 is 1.00 bits per heavy atom. The van der Waals surface area contributed by atoms with E-state index in [1.54, 1.807) is 36.7 Å². The minimum absolute atomic E-state index is 0.0983. The Balaban J connectivity index is 1.47. The standard InChI is InChI=1S/C23H23N5O4S/c24-33(31,32)18-9-7-16(8-10-18)23(30)19-5-1-2-6-20(19)28(22(23)29)15-17-13-26-21(14-25-17)27-11-3-4-12-27/h1-2,5-10,13-14,30H,3-4,11-12,15H2,(H2,24,31,32). The molecule has 10 heteroatoms. The topological polar surface area (TPSA) is 130 Å². The van der Waals surface area contributed by atoms with E-state index in [0.717, 1.165) is 31.7 Å². The fraction of sp³-hybridized carbons (Fsp3) is 0.261. The minimum Gasteiger partial charge on any atom is -0.372 e. The van der Waals surface area contributed by atoms with Gasteiger partial charge in [-0.1, -0.05) is 30.3 Å². The Hall–Kier alpha value is -3.34. The largest absolute Gasteiger partial charge is 0.372 e. The van der Waals surface area contributed by atoms with E-state index in [1.807, 2.05) is 0 Å². The first-order chi connectivity index (χ1) is 15.8. The molecule has 1 saturated heterocycles. The van der Waals surface area contributed by atoms with E-state index in [9.17, 15) is 18.3 Å². The van der Waals surface area contributed by atoms with E-state index in [0.29, 0.717) is 16.9 Å². The van der Waals surface area contributed by atoms with Crippen LogP contribution < -0.4 is 14.9 Å². The average molecular weight is 466 g/mol. The van der Waals surface area contributed by atoms with Crippen LogP contribution in [0, 0.1) is 0 Å². The van der Waals surface area contributed by atoms with E-state index in [-0.39, 0.29) is 17.0 Å². The summed E-state index contributed by atoms with van der Waals surface area (Å²) in [6, 6.07) is 12.3. The summed E-state index contributed by atoms with van der Waals surface area (Å²) in [5.74, 6) is 0.272. The maximum Gasteiger partial charge on any atom is 0.268 e. The molecular weight excluding hydrogens is 442 g/mol. The van der Waals surface area contributed by atoms with E-state index in [4.69, 9.17) is 5.14 Å². The molecule has 2 aromatic carbocycles. The molecule has 1 amide bonds. The Morgan fingerprint density at radius 2 is 1.70 bits per heavy atom. The summed E-state index contributed by atoms with van der Waals surface area (Å²) in [5.41, 5.74) is -0.137. The van der Waals surface area contributed by atoms with Crippen LogP contribution in [0.15, 0.2) is 65.8 Å². The zero-order chi connectivity index (χ0) is 23.2. The van der Waals surface area contributed by atoms with E-state index < -0.39 is 21.5 Å². The second-order valence-corrected chi connectivity index (χ2v) is 9.81. The molecule has 33 heavy (non-hydrogen) atoms. The summed E-state index contributed by atoms with van der Waals surface area (Å²) < 4.78 is 23.2. The molecular formula is C23H23N5O4S. The second kappa shape index (κ2) is 7.91. The van der Waals surface area contributed by atoms with E-state index in [2.05, 4.69) is 14.9 Å². The lowest BCUT2D eigenvalue weighted by molar-refractivity contribution is -0.132. The molecule has 1 unspecified atom stereocenters. The number of anilines is 2. The number of aliphatic hydroxyl groups is 1. The lowest BCUT2D eigenvalue weighted by Gasteiger charge is -2.24. The zero-order valence-corrected chi connectivity index (χ0v) is 18.6. The van der Waals surface area contributed by atoms with E-state index >= 15 is 0 Å². The van der Waals surface area contributed by atoms with Crippen molar-refractivity contribution in [2.24, 2.45) is 5.14 Å². The van der Waals surface area contributed by atoms with Gasteiger partial charge >= 0.3 is 0 Å². The number of hydrogen-bond acceptors (Lipinski definition) is 7. The maximum atomic E-state index is 13.5. The Labute approximate surface area is 191 Å². The first-order valence-electron chi connectivity index (χ1n) is 10.6. The number of hydrogen-bond donors (Lipinski definition) is 2. The van der Waals surface area contributed by atoms with Crippen LogP contribution in [-0.4, -0.2) is 42.5 Å². The van der Waals surface area contributed by atoms with Gasteiger partial charge in [0, 0.05) is 18.7 Å². The van der Waals surface area contributed by atoms with Crippen molar-refractivity contribution >= 4 is 27.4 Å². The highest BCUT2D eigenvalue weighted by Crippen LogP contribution is 2.45. The van der Waals surface area contributed by atoms with Crippen molar-refractivity contribution in [2.45, 2.75) is 29.9 Å². The van der Waals surface area contributed by atoms with Crippen LogP contribution in [0.2, 0.25) is 0 Å². The van der Waals surface area contributed by atoms with Gasteiger partial charge in [0.05, 0.1) is 35.2 Å². The number of para-hydroxylation sites is 1. The predicted molar refractivity (Wildman–Crippen MR) is 122 cm³/mol. The van der Waals surface area contributed by atoms with Crippen molar-refractivity contribution in [3.8, 4) is 0 Å². The molecule has 3 N–H and O–H groups in total. The number of benzene rings is 2. The van der Waals surface area contributed by atoms with Gasteiger partial charge in [-0.25, -0.2) is 18.5 Å². The molecule has 2 aliphatic heterocycles. The minimum atomic E-state index is -3.89. The summed E-state index contributed by atoms with van der Waals surface area (Å²) in [6.07, 6.45) is 5.64. The number of amides is 1. The molecule has 9 nitrogen and oxygen atoms in total. The molecule has 3 heterocycles. The van der Waals surface area contributed by atoms with Crippen LogP contribution in [0.4, 0.5) is 11.5 Å². The normalized spacial score (nSPS) is 20.4. The van der Waals surface area contributed by atoms with Crippen molar-refractivity contribution in [3.05, 3.63) is 77.7 Å². The molecule has 5 rings (SSSR count). The van der Waals surface area contributed by atoms with Crippen LogP contribution in [0.3, 0.4) is 0 Å². The summed E-state index contributed by atoms with van der Waals surface area (Å²) in [4.78, 5) is 26.1. The van der Waals surface area contributed by atoms with E-state index in [1.165, 1.54) is 29.2 Å². The highest BCUT2D eigenvalue weighted by molar-refractivity contribution is 7.89. The number of carbonyl (C=O) groups excluding carboxylic acids is 1. The van der Waals surface area contributed by atoms with Gasteiger partial charge in [0.2, 0.25) is 10.0 Å². The molecule has 0 saturated carbocycles. The molecule has 0 radical (unpaired) electrons. The van der Waals surface area contributed by atoms with Gasteiger partial charge in [0.25, 0.3) is 5.91 Å². The van der Waals surface area contributed by atoms with Gasteiger partial charge in [0.15, 0.2) is 5.60 Å². The van der Waals surface area contributed by atoms with Crippen molar-refractivity contribution < 1.29 is 18.3 Å². The number of nitrogens with zero attached hydrogens (tertiary/aromatic N) is 4. The Kier molecular flexibility index (Phi) is 5.15. The Morgan fingerprint density at radius 3 is 2.33 bits per heavy atom. The van der Waals surface area contributed by atoms with Crippen molar-refractivity contribution in [3.63, 3.8) is 0 Å². The SMILES string of the molecule is NS(=O)(=O)c1ccc(C2(O)C(=O)N(Cc3cnc(N4CCCC4)cn3)c3ccccc32)cc1. The summed E-state index contributed by atoms with van der Waals surface area (Å²) in [5, 5.41) is 16.8. The van der Waals surface area contributed by atoms with Gasteiger partial charge in [-0.2, -0.15) is 0 Å². The molecule has 0 bridgehead atoms. The summed E-state index contributed by atoms with van der Waals surface area (Å²) >= 11 is 0. The van der Waals surface area contributed by atoms with Crippen LogP contribution >= 0.6 is 0 Å². The van der Waals surface area contributed by atoms with Crippen LogP contribution in [0.5, 0.6) is 0 Å². The monoisotopic (exact) mass is 465 g/mol. The van der Waals surface area contributed by atoms with Gasteiger partial charge in [-0.3, -0.25) is 9.78 Å². The zero-order valence-electron chi connectivity index (χ0n) is 17.8. The third kappa shape index (κ3) is 3.65. The fourth-order valence-corrected chi connectivity index (χ4v) is 4.97. The number of nitrogens with two attached hydrogens (primary N) is 1. The molecule has 3 aromatic rings. The smallest absolute Gasteiger partial charge is 0.268 e. The number of primary sulfonamides is 1. The first-order valence-corrected chi connectivity index (χ1v) is 12.2. The highest BCUT2D eigenvalue weighted by Gasteiger charge is 2.51. The highest BCUT2D eigenvalue weighted by atomic mass is 32.2. The van der Waals surface area contributed by atoms with Gasteiger partial charge < -0.3 is 14.9 Å². The molecule has 2 aliphatic rings. The fourth-order valence-electron chi connectivity index (χ4n) is 4.46. The third-order valence-electron chi connectivity index (χ3n) is 6.18. The second-order valence-electron chi connectivity index (χ2n) is 8.25. The summed E-state index contributed by atoms with van der Waals surface area (Å²) in [7, 11) is -3.89. The number of fused-ring (bicyclic) bond motifs is 1. The lowest BCUT2D eigenvalue weighted by Crippen LogP contribution is -2.41. The molecule has 1 atom stereocenters. The van der Waals surface area contributed by atoms with Crippen LogP contribution in [-0.2, 0) is 27.0 Å². The Bertz CT molecular complexity index is 1310. The maximum absolute atomic E-state index is 13.5. The number of aromatic nitrogens is 2. The van der Waals surface area contributed by atoms with Crippen LogP contribution in [0.1, 0.15) is 29.7 Å². The molecule has 1 fully saturated rings. The van der Waals surface area contributed by atoms with Crippen molar-refractivity contribution in [1.82, 2.24) is 9.97 Å². The van der Waals surface area contributed by atoms with Gasteiger partial charge in [0.1, 0.15) is 5.82 Å². The first kappa shape index (κ1) is 21.5. The number of carbonyl (C=O) groups is 1. The van der Waals surface area contributed by atoms with Crippen molar-refractivity contribution in [1.29, 1.82) is 0 Å². The number of rotatable bonds is 5. The summed E-state index contributed by atoms with van der Waals surface area (Å²) in [6.45, 7) is 2.06. The van der Waals surface area contributed by atoms with Gasteiger partial charge in [-0.05, 0) is 36.6 Å². The quantitative estimate of drug-likeness (QED) is 0.584. The average Bonchev–Trinajstić information content (AvgIpc) is 3.43. The number of sulfonamides is 1. The van der Waals surface area contributed by atoms with Gasteiger partial charge in [-0.15, -0.1) is 0 Å². The molecule has 1 aromatic heterocycles. The lowest BCUT2D eigenvalue weighted by atomic mass is 9.87. The predicted octanol–water partition coefficient (Wildman–Crippen LogP) is 1.51. The molecule has 0 spiro atoms. The molecule has 0 aliphatic carbocycles. The van der Waals surface area contributed by atoms with Crippen LogP contribution in [0.25, 0.3) is 0 Å². The molecule has 170 valence electrons. The third-order valence-corrected chi connectivity index (χ3v) is 7.11. The van der Waals surface area contributed by atoms with Crippen molar-refractivity contribution in [2.75, 3.05) is 22.9 Å².